The lowest BCUT2D eigenvalue weighted by molar-refractivity contribution is -0.402. The van der Waals surface area contributed by atoms with Crippen LogP contribution in [0.3, 0.4) is 0 Å². The first-order chi connectivity index (χ1) is 14.4. The number of hydrogen-bond acceptors (Lipinski definition) is 10. The third-order valence-corrected chi connectivity index (χ3v) is 4.50. The molecule has 0 aliphatic rings. The van der Waals surface area contributed by atoms with Gasteiger partial charge in [0, 0.05) is 10.9 Å². The topological polar surface area (TPSA) is 143 Å². The van der Waals surface area contributed by atoms with Gasteiger partial charge in [-0.2, -0.15) is 0 Å². The van der Waals surface area contributed by atoms with Crippen molar-refractivity contribution in [1.29, 1.82) is 0 Å². The van der Waals surface area contributed by atoms with Crippen molar-refractivity contribution in [2.24, 2.45) is 0 Å². The van der Waals surface area contributed by atoms with E-state index < -0.39 is 29.3 Å². The van der Waals surface area contributed by atoms with Crippen LogP contribution in [0, 0.1) is 10.1 Å². The van der Waals surface area contributed by atoms with Crippen LogP contribution in [0.25, 0.3) is 11.3 Å². The Morgan fingerprint density at radius 1 is 1.23 bits per heavy atom. The molecule has 1 amide bonds. The number of benzene rings is 1. The molecule has 0 radical (unpaired) electrons. The molecule has 11 nitrogen and oxygen atoms in total. The maximum Gasteiger partial charge on any atom is 0.433 e. The second kappa shape index (κ2) is 9.05. The van der Waals surface area contributed by atoms with Crippen molar-refractivity contribution in [2.45, 2.75) is 0 Å². The molecule has 156 valence electrons. The van der Waals surface area contributed by atoms with E-state index in [1.165, 1.54) is 18.4 Å². The number of ether oxygens (including phenoxy) is 3. The molecule has 0 unspecified atom stereocenters. The van der Waals surface area contributed by atoms with Gasteiger partial charge in [-0.1, -0.05) is 0 Å². The molecule has 12 heteroatoms. The van der Waals surface area contributed by atoms with Gasteiger partial charge in [0.15, 0.2) is 11.7 Å². The average molecular weight is 433 g/mol. The minimum atomic E-state index is -1.00. The molecule has 2 aromatic heterocycles. The zero-order valence-electron chi connectivity index (χ0n) is 15.7. The first-order valence-electron chi connectivity index (χ1n) is 8.30. The first kappa shape index (κ1) is 20.8. The van der Waals surface area contributed by atoms with Crippen molar-refractivity contribution < 1.29 is 33.1 Å². The monoisotopic (exact) mass is 433 g/mol. The van der Waals surface area contributed by atoms with Gasteiger partial charge in [-0.3, -0.25) is 20.2 Å². The van der Waals surface area contributed by atoms with Crippen LogP contribution in [0.2, 0.25) is 0 Å². The number of hydrogen-bond donors (Lipinski definition) is 1. The van der Waals surface area contributed by atoms with Gasteiger partial charge in [-0.15, -0.1) is 11.3 Å². The fraction of sp³-hybridized carbons (Fsp3) is 0.167. The molecule has 0 saturated heterocycles. The van der Waals surface area contributed by atoms with E-state index in [9.17, 15) is 19.7 Å². The Morgan fingerprint density at radius 3 is 2.70 bits per heavy atom. The Labute approximate surface area is 173 Å². The van der Waals surface area contributed by atoms with Crippen molar-refractivity contribution >= 4 is 34.2 Å². The molecule has 0 bridgehead atoms. The van der Waals surface area contributed by atoms with Gasteiger partial charge >= 0.3 is 11.9 Å². The van der Waals surface area contributed by atoms with E-state index in [0.29, 0.717) is 22.8 Å². The van der Waals surface area contributed by atoms with Crippen LogP contribution in [0.1, 0.15) is 10.6 Å². The van der Waals surface area contributed by atoms with Crippen LogP contribution >= 0.6 is 11.3 Å². The predicted octanol–water partition coefficient (Wildman–Crippen LogP) is 3.12. The summed E-state index contributed by atoms with van der Waals surface area (Å²) in [6.07, 6.45) is 0. The predicted molar refractivity (Wildman–Crippen MR) is 105 cm³/mol. The highest BCUT2D eigenvalue weighted by atomic mass is 32.1. The second-order valence-corrected chi connectivity index (χ2v) is 6.48. The van der Waals surface area contributed by atoms with Gasteiger partial charge in [0.05, 0.1) is 26.0 Å². The summed E-state index contributed by atoms with van der Waals surface area (Å²) >= 11 is 1.17. The lowest BCUT2D eigenvalue weighted by atomic mass is 10.1. The van der Waals surface area contributed by atoms with Gasteiger partial charge in [0.25, 0.3) is 5.91 Å². The van der Waals surface area contributed by atoms with E-state index in [1.54, 1.807) is 30.7 Å². The zero-order valence-corrected chi connectivity index (χ0v) is 16.6. The Hall–Kier alpha value is -3.93. The molecule has 30 heavy (non-hydrogen) atoms. The lowest BCUT2D eigenvalue weighted by Crippen LogP contribution is -2.20. The van der Waals surface area contributed by atoms with E-state index in [4.69, 9.17) is 18.6 Å². The summed E-state index contributed by atoms with van der Waals surface area (Å²) in [6.45, 7) is -0.620. The number of nitrogens with zero attached hydrogens (tertiary/aromatic N) is 2. The summed E-state index contributed by atoms with van der Waals surface area (Å²) in [5, 5.41) is 15.1. The SMILES string of the molecule is COc1ccc(OC)c(-c2csc(NC(=O)COC(=O)c3ccc([N+](=O)[O-])o3)n2)c1. The van der Waals surface area contributed by atoms with Crippen LogP contribution in [0.4, 0.5) is 11.0 Å². The van der Waals surface area contributed by atoms with Crippen LogP contribution in [-0.4, -0.2) is 42.6 Å². The van der Waals surface area contributed by atoms with E-state index in [1.807, 2.05) is 0 Å². The Balaban J connectivity index is 1.61. The number of esters is 1. The number of thiazole rings is 1. The molecule has 1 N–H and O–H groups in total. The molecule has 0 saturated carbocycles. The lowest BCUT2D eigenvalue weighted by Gasteiger charge is -2.08. The van der Waals surface area contributed by atoms with E-state index in [2.05, 4.69) is 10.3 Å². The normalized spacial score (nSPS) is 10.3. The molecule has 3 rings (SSSR count). The quantitative estimate of drug-likeness (QED) is 0.322. The highest BCUT2D eigenvalue weighted by Crippen LogP contribution is 2.35. The van der Waals surface area contributed by atoms with Gasteiger partial charge in [0.1, 0.15) is 16.4 Å². The number of nitro groups is 1. The molecule has 0 aliphatic heterocycles. The van der Waals surface area contributed by atoms with Crippen molar-refractivity contribution in [3.8, 4) is 22.8 Å². The number of carbonyl (C=O) groups excluding carboxylic acids is 2. The number of furan rings is 1. The van der Waals surface area contributed by atoms with Gasteiger partial charge in [0.2, 0.25) is 5.76 Å². The summed E-state index contributed by atoms with van der Waals surface area (Å²) in [6, 6.07) is 7.35. The molecular weight excluding hydrogens is 418 g/mol. The zero-order chi connectivity index (χ0) is 21.7. The Kier molecular flexibility index (Phi) is 6.27. The maximum atomic E-state index is 12.0. The van der Waals surface area contributed by atoms with Gasteiger partial charge < -0.3 is 18.6 Å². The van der Waals surface area contributed by atoms with Crippen molar-refractivity contribution in [1.82, 2.24) is 4.98 Å². The number of anilines is 1. The molecule has 3 aromatic rings. The van der Waals surface area contributed by atoms with E-state index in [0.717, 1.165) is 12.1 Å². The number of methoxy groups -OCH3 is 2. The van der Waals surface area contributed by atoms with Crippen molar-refractivity contribution in [3.05, 3.63) is 51.6 Å². The van der Waals surface area contributed by atoms with Gasteiger partial charge in [-0.05, 0) is 24.3 Å². The number of nitrogens with one attached hydrogen (secondary N) is 1. The standard InChI is InChI=1S/C18H15N3O8S/c1-26-10-3-4-13(27-2)11(7-10)12-9-30-18(19-12)20-15(22)8-28-17(23)14-5-6-16(29-14)21(24)25/h3-7,9H,8H2,1-2H3,(H,19,20,22). The highest BCUT2D eigenvalue weighted by Gasteiger charge is 2.20. The second-order valence-electron chi connectivity index (χ2n) is 5.62. The molecule has 1 aromatic carbocycles. The summed E-state index contributed by atoms with van der Waals surface area (Å²) in [4.78, 5) is 37.9. The van der Waals surface area contributed by atoms with Crippen LogP contribution in [0.15, 0.2) is 40.1 Å². The number of carbonyl (C=O) groups is 2. The summed E-state index contributed by atoms with van der Waals surface area (Å²) in [7, 11) is 3.07. The summed E-state index contributed by atoms with van der Waals surface area (Å²) in [5.74, 6) is -1.41. The molecule has 0 atom stereocenters. The Morgan fingerprint density at radius 2 is 2.03 bits per heavy atom. The third kappa shape index (κ3) is 4.72. The number of rotatable bonds is 8. The first-order valence-corrected chi connectivity index (χ1v) is 9.18. The Bertz CT molecular complexity index is 1090. The largest absolute Gasteiger partial charge is 0.497 e. The van der Waals surface area contributed by atoms with Crippen LogP contribution < -0.4 is 14.8 Å². The van der Waals surface area contributed by atoms with Gasteiger partial charge in [-0.25, -0.2) is 9.78 Å². The fourth-order valence-electron chi connectivity index (χ4n) is 2.36. The summed E-state index contributed by atoms with van der Waals surface area (Å²) in [5.41, 5.74) is 1.24. The van der Waals surface area contributed by atoms with Crippen molar-refractivity contribution in [3.63, 3.8) is 0 Å². The molecule has 2 heterocycles. The van der Waals surface area contributed by atoms with E-state index in [-0.39, 0.29) is 10.9 Å². The molecule has 0 fully saturated rings. The smallest absolute Gasteiger partial charge is 0.433 e. The van der Waals surface area contributed by atoms with E-state index >= 15 is 0 Å². The minimum absolute atomic E-state index is 0.282. The maximum absolute atomic E-state index is 12.0. The third-order valence-electron chi connectivity index (χ3n) is 3.74. The van der Waals surface area contributed by atoms with Crippen molar-refractivity contribution in [2.75, 3.05) is 26.1 Å². The number of aromatic nitrogens is 1. The molecule has 0 aliphatic carbocycles. The fourth-order valence-corrected chi connectivity index (χ4v) is 3.09. The summed E-state index contributed by atoms with van der Waals surface area (Å²) < 4.78 is 20.0. The number of amides is 1. The van der Waals surface area contributed by atoms with Crippen LogP contribution in [0.5, 0.6) is 11.5 Å². The minimum Gasteiger partial charge on any atom is -0.497 e. The van der Waals surface area contributed by atoms with Crippen LogP contribution in [-0.2, 0) is 9.53 Å². The molecular formula is C18H15N3O8S. The average Bonchev–Trinajstić information content (AvgIpc) is 3.41. The molecule has 0 spiro atoms. The highest BCUT2D eigenvalue weighted by molar-refractivity contribution is 7.14.